The van der Waals surface area contributed by atoms with Crippen molar-refractivity contribution >= 4 is 17.7 Å². The van der Waals surface area contributed by atoms with Crippen molar-refractivity contribution in [2.75, 3.05) is 26.3 Å². The molecule has 0 N–H and O–H groups in total. The summed E-state index contributed by atoms with van der Waals surface area (Å²) in [7, 11) is 0. The number of hydrogen-bond donors (Lipinski definition) is 0. The van der Waals surface area contributed by atoms with Gasteiger partial charge >= 0.3 is 0 Å². The number of aromatic nitrogens is 5. The molecule has 2 aromatic heterocycles. The number of carbonyl (C=O) groups is 1. The Kier molecular flexibility index (Phi) is 4.89. The number of pyridine rings is 1. The minimum Gasteiger partial charge on any atom is -0.378 e. The molecule has 1 aromatic carbocycles. The summed E-state index contributed by atoms with van der Waals surface area (Å²) in [6.45, 7) is 2.28. The summed E-state index contributed by atoms with van der Waals surface area (Å²) >= 11 is 1.27. The zero-order chi connectivity index (χ0) is 17.8. The van der Waals surface area contributed by atoms with Crippen LogP contribution in [0.5, 0.6) is 0 Å². The second-order valence-electron chi connectivity index (χ2n) is 5.57. The zero-order valence-electron chi connectivity index (χ0n) is 13.9. The number of rotatable bonds is 4. The molecule has 0 unspecified atom stereocenters. The number of morpholine rings is 1. The molecule has 1 fully saturated rings. The first kappa shape index (κ1) is 16.7. The predicted molar refractivity (Wildman–Crippen MR) is 94.2 cm³/mol. The lowest BCUT2D eigenvalue weighted by molar-refractivity contribution is 0.0300. The fourth-order valence-electron chi connectivity index (χ4n) is 2.63. The van der Waals surface area contributed by atoms with E-state index < -0.39 is 0 Å². The zero-order valence-corrected chi connectivity index (χ0v) is 14.7. The van der Waals surface area contributed by atoms with Crippen LogP contribution in [0.3, 0.4) is 0 Å². The van der Waals surface area contributed by atoms with Gasteiger partial charge in [0.2, 0.25) is 5.16 Å². The van der Waals surface area contributed by atoms with Gasteiger partial charge in [0.1, 0.15) is 5.03 Å². The van der Waals surface area contributed by atoms with Gasteiger partial charge in [-0.2, -0.15) is 4.68 Å². The Balaban J connectivity index is 1.62. The molecule has 0 aliphatic carbocycles. The number of carbonyl (C=O) groups excluding carboxylic acids is 1. The van der Waals surface area contributed by atoms with E-state index in [0.717, 1.165) is 5.69 Å². The lowest BCUT2D eigenvalue weighted by atomic mass is 10.2. The van der Waals surface area contributed by atoms with Crippen LogP contribution in [-0.2, 0) is 4.74 Å². The van der Waals surface area contributed by atoms with Crippen molar-refractivity contribution in [1.29, 1.82) is 0 Å². The maximum absolute atomic E-state index is 12.9. The lowest BCUT2D eigenvalue weighted by Crippen LogP contribution is -2.40. The maximum atomic E-state index is 12.9. The molecule has 0 bridgehead atoms. The van der Waals surface area contributed by atoms with Crippen molar-refractivity contribution in [2.24, 2.45) is 0 Å². The molecule has 8 nitrogen and oxygen atoms in total. The number of tetrazole rings is 1. The average molecular weight is 368 g/mol. The topological polar surface area (TPSA) is 86.0 Å². The van der Waals surface area contributed by atoms with E-state index in [1.54, 1.807) is 27.9 Å². The second kappa shape index (κ2) is 7.63. The third kappa shape index (κ3) is 3.44. The van der Waals surface area contributed by atoms with E-state index in [-0.39, 0.29) is 5.91 Å². The van der Waals surface area contributed by atoms with Gasteiger partial charge in [-0.3, -0.25) is 4.79 Å². The summed E-state index contributed by atoms with van der Waals surface area (Å²) in [4.78, 5) is 19.0. The number of ether oxygens (including phenoxy) is 1. The molecule has 1 aliphatic rings. The fraction of sp³-hybridized carbons (Fsp3) is 0.235. The molecule has 3 heterocycles. The van der Waals surface area contributed by atoms with Gasteiger partial charge in [-0.05, 0) is 46.5 Å². The molecule has 26 heavy (non-hydrogen) atoms. The monoisotopic (exact) mass is 368 g/mol. The molecule has 1 saturated heterocycles. The highest BCUT2D eigenvalue weighted by Crippen LogP contribution is 2.28. The summed E-state index contributed by atoms with van der Waals surface area (Å²) < 4.78 is 6.95. The standard InChI is InChI=1S/C17H16N6O2S/c24-16(22-9-11-25-12-10-22)14-7-4-8-18-15(14)26-17-19-20-21-23(17)13-5-2-1-3-6-13/h1-8H,9-12H2. The molecule has 1 amide bonds. The quantitative estimate of drug-likeness (QED) is 0.692. The van der Waals surface area contributed by atoms with Crippen molar-refractivity contribution in [3.8, 4) is 5.69 Å². The molecule has 1 aliphatic heterocycles. The smallest absolute Gasteiger partial charge is 0.256 e. The number of benzene rings is 1. The highest BCUT2D eigenvalue weighted by Gasteiger charge is 2.23. The summed E-state index contributed by atoms with van der Waals surface area (Å²) in [6.07, 6.45) is 1.66. The lowest BCUT2D eigenvalue weighted by Gasteiger charge is -2.27. The van der Waals surface area contributed by atoms with Crippen LogP contribution in [0.4, 0.5) is 0 Å². The Hall–Kier alpha value is -2.78. The first-order chi connectivity index (χ1) is 12.8. The molecule has 0 spiro atoms. The average Bonchev–Trinajstić information content (AvgIpc) is 3.17. The van der Waals surface area contributed by atoms with Gasteiger partial charge < -0.3 is 9.64 Å². The van der Waals surface area contributed by atoms with E-state index in [0.29, 0.717) is 42.0 Å². The van der Waals surface area contributed by atoms with Gasteiger partial charge in [0.15, 0.2) is 0 Å². The van der Waals surface area contributed by atoms with Crippen LogP contribution in [0.1, 0.15) is 10.4 Å². The van der Waals surface area contributed by atoms with Crippen LogP contribution in [0.25, 0.3) is 5.69 Å². The van der Waals surface area contributed by atoms with Crippen molar-refractivity contribution in [2.45, 2.75) is 10.2 Å². The summed E-state index contributed by atoms with van der Waals surface area (Å²) in [5.74, 6) is -0.0531. The predicted octanol–water partition coefficient (Wildman–Crippen LogP) is 1.68. The van der Waals surface area contributed by atoms with Crippen molar-refractivity contribution < 1.29 is 9.53 Å². The van der Waals surface area contributed by atoms with Crippen LogP contribution in [0.15, 0.2) is 58.8 Å². The van der Waals surface area contributed by atoms with Crippen LogP contribution < -0.4 is 0 Å². The van der Waals surface area contributed by atoms with Crippen LogP contribution in [0.2, 0.25) is 0 Å². The molecular weight excluding hydrogens is 352 g/mol. The van der Waals surface area contributed by atoms with E-state index in [2.05, 4.69) is 20.5 Å². The number of nitrogens with zero attached hydrogens (tertiary/aromatic N) is 6. The normalized spacial score (nSPS) is 14.4. The van der Waals surface area contributed by atoms with Crippen LogP contribution in [0, 0.1) is 0 Å². The number of amides is 1. The van der Waals surface area contributed by atoms with E-state index in [4.69, 9.17) is 4.74 Å². The third-order valence-electron chi connectivity index (χ3n) is 3.93. The van der Waals surface area contributed by atoms with Crippen LogP contribution in [-0.4, -0.2) is 62.3 Å². The molecule has 4 rings (SSSR count). The van der Waals surface area contributed by atoms with E-state index in [1.807, 2.05) is 30.3 Å². The highest BCUT2D eigenvalue weighted by molar-refractivity contribution is 7.99. The van der Waals surface area contributed by atoms with Gasteiger partial charge in [-0.1, -0.05) is 18.2 Å². The first-order valence-electron chi connectivity index (χ1n) is 8.16. The molecule has 0 radical (unpaired) electrons. The van der Waals surface area contributed by atoms with E-state index in [9.17, 15) is 4.79 Å². The molecule has 3 aromatic rings. The Labute approximate surface area is 154 Å². The summed E-state index contributed by atoms with van der Waals surface area (Å²) in [5, 5.41) is 13.0. The fourth-order valence-corrected chi connectivity index (χ4v) is 3.49. The Bertz CT molecular complexity index is 895. The van der Waals surface area contributed by atoms with E-state index >= 15 is 0 Å². The van der Waals surface area contributed by atoms with Gasteiger partial charge in [0.25, 0.3) is 5.91 Å². The van der Waals surface area contributed by atoms with Gasteiger partial charge in [-0.15, -0.1) is 5.10 Å². The molecule has 0 atom stereocenters. The minimum atomic E-state index is -0.0531. The molecular formula is C17H16N6O2S. The van der Waals surface area contributed by atoms with Crippen LogP contribution >= 0.6 is 11.8 Å². The summed E-state index contributed by atoms with van der Waals surface area (Å²) in [5.41, 5.74) is 1.39. The first-order valence-corrected chi connectivity index (χ1v) is 8.98. The summed E-state index contributed by atoms with van der Waals surface area (Å²) in [6, 6.07) is 13.1. The van der Waals surface area contributed by atoms with Gasteiger partial charge in [0, 0.05) is 19.3 Å². The van der Waals surface area contributed by atoms with Gasteiger partial charge in [0.05, 0.1) is 24.5 Å². The second-order valence-corrected chi connectivity index (χ2v) is 6.53. The SMILES string of the molecule is O=C(c1cccnc1Sc1nnnn1-c1ccccc1)N1CCOCC1. The van der Waals surface area contributed by atoms with Crippen molar-refractivity contribution in [3.05, 3.63) is 54.2 Å². The molecule has 132 valence electrons. The maximum Gasteiger partial charge on any atom is 0.256 e. The number of para-hydroxylation sites is 1. The highest BCUT2D eigenvalue weighted by atomic mass is 32.2. The molecule has 0 saturated carbocycles. The largest absolute Gasteiger partial charge is 0.378 e. The Morgan fingerprint density at radius 1 is 1.08 bits per heavy atom. The van der Waals surface area contributed by atoms with Crippen molar-refractivity contribution in [3.63, 3.8) is 0 Å². The minimum absolute atomic E-state index is 0.0531. The number of hydrogen-bond acceptors (Lipinski definition) is 7. The third-order valence-corrected chi connectivity index (χ3v) is 4.89. The Morgan fingerprint density at radius 2 is 1.88 bits per heavy atom. The van der Waals surface area contributed by atoms with Crippen molar-refractivity contribution in [1.82, 2.24) is 30.1 Å². The van der Waals surface area contributed by atoms with E-state index in [1.165, 1.54) is 11.8 Å². The molecule has 9 heteroatoms. The Morgan fingerprint density at radius 3 is 2.69 bits per heavy atom. The van der Waals surface area contributed by atoms with Gasteiger partial charge in [-0.25, -0.2) is 4.98 Å².